The zero-order chi connectivity index (χ0) is 25.8. The van der Waals surface area contributed by atoms with Crippen molar-refractivity contribution in [1.29, 1.82) is 0 Å². The molecule has 6 rings (SSSR count). The second kappa shape index (κ2) is 9.07. The number of morpholine rings is 1. The minimum atomic E-state index is -3.98. The summed E-state index contributed by atoms with van der Waals surface area (Å²) < 4.78 is 62.1. The average molecular weight is 531 g/mol. The van der Waals surface area contributed by atoms with Crippen molar-refractivity contribution in [3.05, 3.63) is 48.5 Å². The molecule has 4 heterocycles. The Morgan fingerprint density at radius 3 is 2.49 bits per heavy atom. The van der Waals surface area contributed by atoms with Crippen LogP contribution in [0, 0.1) is 0 Å². The van der Waals surface area contributed by atoms with Gasteiger partial charge in [-0.05, 0) is 36.8 Å². The topological polar surface area (TPSA) is 86.0 Å². The fourth-order valence-electron chi connectivity index (χ4n) is 5.35. The molecule has 37 heavy (non-hydrogen) atoms. The number of H-pyrrole nitrogens is 1. The standard InChI is InChI=1S/C26H28F2N4O4S/c27-26(28)8-10-31(17-26)23-6-5-19(16-20(23)22-15-18-3-1-2-4-21(18)29-22)37(34,35)32-9-7-24(32)25(33)30-11-13-36-14-12-30/h1-6,15-16,24,29H,7-14,17H2/t24-/m1/s1. The van der Waals surface area contributed by atoms with Crippen LogP contribution in [0.4, 0.5) is 14.5 Å². The normalized spacial score (nSPS) is 22.4. The molecule has 3 aromatic rings. The number of para-hydroxylation sites is 1. The number of anilines is 1. The number of sulfonamides is 1. The Hall–Kier alpha value is -3.02. The summed E-state index contributed by atoms with van der Waals surface area (Å²) in [6.45, 7) is 1.78. The third-order valence-electron chi connectivity index (χ3n) is 7.48. The summed E-state index contributed by atoms with van der Waals surface area (Å²) >= 11 is 0. The predicted octanol–water partition coefficient (Wildman–Crippen LogP) is 3.30. The molecule has 1 N–H and O–H groups in total. The predicted molar refractivity (Wildman–Crippen MR) is 135 cm³/mol. The van der Waals surface area contributed by atoms with E-state index < -0.39 is 28.5 Å². The van der Waals surface area contributed by atoms with E-state index in [9.17, 15) is 22.0 Å². The van der Waals surface area contributed by atoms with Crippen molar-refractivity contribution in [3.63, 3.8) is 0 Å². The zero-order valence-corrected chi connectivity index (χ0v) is 21.0. The maximum Gasteiger partial charge on any atom is 0.266 e. The molecule has 1 atom stereocenters. The lowest BCUT2D eigenvalue weighted by Crippen LogP contribution is -2.60. The van der Waals surface area contributed by atoms with Gasteiger partial charge in [0.1, 0.15) is 6.04 Å². The average Bonchev–Trinajstić information content (AvgIpc) is 3.46. The molecule has 3 aliphatic heterocycles. The number of nitrogens with zero attached hydrogens (tertiary/aromatic N) is 3. The van der Waals surface area contributed by atoms with E-state index >= 15 is 0 Å². The first kappa shape index (κ1) is 24.3. The van der Waals surface area contributed by atoms with E-state index in [0.29, 0.717) is 49.7 Å². The van der Waals surface area contributed by atoms with Crippen LogP contribution in [0.5, 0.6) is 0 Å². The molecule has 0 radical (unpaired) electrons. The number of ether oxygens (including phenoxy) is 1. The second-order valence-electron chi connectivity index (χ2n) is 9.83. The quantitative estimate of drug-likeness (QED) is 0.547. The molecule has 196 valence electrons. The van der Waals surface area contributed by atoms with Crippen molar-refractivity contribution >= 4 is 32.5 Å². The summed E-state index contributed by atoms with van der Waals surface area (Å²) in [5.41, 5.74) is 2.59. The van der Waals surface area contributed by atoms with Crippen LogP contribution >= 0.6 is 0 Å². The Kier molecular flexibility index (Phi) is 5.96. The van der Waals surface area contributed by atoms with Gasteiger partial charge in [0.05, 0.1) is 24.7 Å². The van der Waals surface area contributed by atoms with Crippen LogP contribution in [0.2, 0.25) is 0 Å². The number of alkyl halides is 2. The van der Waals surface area contributed by atoms with Crippen LogP contribution in [0.3, 0.4) is 0 Å². The third-order valence-corrected chi connectivity index (χ3v) is 9.39. The van der Waals surface area contributed by atoms with Crippen LogP contribution in [0.15, 0.2) is 53.4 Å². The summed E-state index contributed by atoms with van der Waals surface area (Å²) in [6, 6.07) is 13.4. The maximum atomic E-state index is 14.1. The van der Waals surface area contributed by atoms with Gasteiger partial charge >= 0.3 is 0 Å². The van der Waals surface area contributed by atoms with Gasteiger partial charge in [-0.3, -0.25) is 4.79 Å². The first-order valence-electron chi connectivity index (χ1n) is 12.5. The Balaban J connectivity index is 1.37. The monoisotopic (exact) mass is 530 g/mol. The summed E-state index contributed by atoms with van der Waals surface area (Å²) in [5.74, 6) is -3.00. The molecule has 8 nitrogen and oxygen atoms in total. The summed E-state index contributed by atoms with van der Waals surface area (Å²) in [5, 5.41) is 0.933. The van der Waals surface area contributed by atoms with Gasteiger partial charge in [-0.1, -0.05) is 18.2 Å². The van der Waals surface area contributed by atoms with E-state index in [1.54, 1.807) is 21.9 Å². The number of hydrogen-bond donors (Lipinski definition) is 1. The van der Waals surface area contributed by atoms with Crippen molar-refractivity contribution in [2.45, 2.75) is 29.7 Å². The van der Waals surface area contributed by atoms with Crippen LogP contribution in [-0.2, 0) is 19.6 Å². The lowest BCUT2D eigenvalue weighted by molar-refractivity contribution is -0.142. The van der Waals surface area contributed by atoms with E-state index in [1.165, 1.54) is 10.4 Å². The SMILES string of the molecule is O=C([C@H]1CCN1S(=O)(=O)c1ccc(N2CCC(F)(F)C2)c(-c2cc3ccccc3[nH]2)c1)N1CCOCC1. The molecule has 1 amide bonds. The lowest BCUT2D eigenvalue weighted by atomic mass is 10.1. The number of benzene rings is 2. The van der Waals surface area contributed by atoms with Gasteiger partial charge in [-0.15, -0.1) is 0 Å². The molecular weight excluding hydrogens is 502 g/mol. The van der Waals surface area contributed by atoms with E-state index in [4.69, 9.17) is 4.74 Å². The highest BCUT2D eigenvalue weighted by atomic mass is 32.2. The minimum Gasteiger partial charge on any atom is -0.378 e. The van der Waals surface area contributed by atoms with Gasteiger partial charge in [0.2, 0.25) is 15.9 Å². The molecule has 0 unspecified atom stereocenters. The number of amides is 1. The van der Waals surface area contributed by atoms with Gasteiger partial charge in [-0.25, -0.2) is 17.2 Å². The highest BCUT2D eigenvalue weighted by molar-refractivity contribution is 7.89. The number of aromatic amines is 1. The number of hydrogen-bond acceptors (Lipinski definition) is 5. The van der Waals surface area contributed by atoms with Gasteiger partial charge in [0.25, 0.3) is 5.92 Å². The number of nitrogens with one attached hydrogen (secondary N) is 1. The van der Waals surface area contributed by atoms with Gasteiger partial charge in [0.15, 0.2) is 0 Å². The Labute approximate surface area is 213 Å². The highest BCUT2D eigenvalue weighted by Crippen LogP contribution is 2.40. The molecule has 0 bridgehead atoms. The molecular formula is C26H28F2N4O4S. The third kappa shape index (κ3) is 4.38. The lowest BCUT2D eigenvalue weighted by Gasteiger charge is -2.41. The number of rotatable bonds is 5. The van der Waals surface area contributed by atoms with Crippen molar-refractivity contribution in [3.8, 4) is 11.3 Å². The molecule has 3 aliphatic rings. The minimum absolute atomic E-state index is 0.0374. The van der Waals surface area contributed by atoms with E-state index in [0.717, 1.165) is 10.9 Å². The summed E-state index contributed by atoms with van der Waals surface area (Å²) in [6.07, 6.45) is 0.212. The van der Waals surface area contributed by atoms with E-state index in [1.807, 2.05) is 30.3 Å². The summed E-state index contributed by atoms with van der Waals surface area (Å²) in [7, 11) is -3.98. The smallest absolute Gasteiger partial charge is 0.266 e. The van der Waals surface area contributed by atoms with Gasteiger partial charge in [-0.2, -0.15) is 4.31 Å². The second-order valence-corrected chi connectivity index (χ2v) is 11.7. The molecule has 3 saturated heterocycles. The van der Waals surface area contributed by atoms with Crippen molar-refractivity contribution in [2.75, 3.05) is 50.8 Å². The molecule has 3 fully saturated rings. The van der Waals surface area contributed by atoms with Gasteiger partial charge in [0, 0.05) is 60.4 Å². The molecule has 0 aliphatic carbocycles. The number of carbonyl (C=O) groups excluding carboxylic acids is 1. The molecule has 11 heteroatoms. The van der Waals surface area contributed by atoms with Crippen molar-refractivity contribution < 1.29 is 26.7 Å². The fourth-order valence-corrected chi connectivity index (χ4v) is 7.01. The number of fused-ring (bicyclic) bond motifs is 1. The number of aromatic nitrogens is 1. The van der Waals surface area contributed by atoms with Crippen LogP contribution in [0.25, 0.3) is 22.2 Å². The molecule has 1 aromatic heterocycles. The van der Waals surface area contributed by atoms with E-state index in [-0.39, 0.29) is 30.3 Å². The first-order chi connectivity index (χ1) is 17.7. The van der Waals surface area contributed by atoms with E-state index in [2.05, 4.69) is 4.98 Å². The summed E-state index contributed by atoms with van der Waals surface area (Å²) in [4.78, 5) is 19.6. The molecule has 2 aromatic carbocycles. The van der Waals surface area contributed by atoms with Gasteiger partial charge < -0.3 is 19.5 Å². The van der Waals surface area contributed by atoms with Crippen molar-refractivity contribution in [2.24, 2.45) is 0 Å². The number of halogens is 2. The number of carbonyl (C=O) groups is 1. The van der Waals surface area contributed by atoms with Crippen LogP contribution in [-0.4, -0.2) is 86.4 Å². The highest BCUT2D eigenvalue weighted by Gasteiger charge is 2.45. The zero-order valence-electron chi connectivity index (χ0n) is 20.2. The Morgan fingerprint density at radius 2 is 1.81 bits per heavy atom. The molecule has 0 saturated carbocycles. The van der Waals surface area contributed by atoms with Crippen molar-refractivity contribution in [1.82, 2.24) is 14.2 Å². The largest absolute Gasteiger partial charge is 0.378 e. The Morgan fingerprint density at radius 1 is 1.03 bits per heavy atom. The van der Waals surface area contributed by atoms with Crippen LogP contribution < -0.4 is 4.90 Å². The maximum absolute atomic E-state index is 14.1. The fraction of sp³-hybridized carbons (Fsp3) is 0.423. The molecule has 0 spiro atoms. The first-order valence-corrected chi connectivity index (χ1v) is 13.9. The van der Waals surface area contributed by atoms with Crippen LogP contribution in [0.1, 0.15) is 12.8 Å². The Bertz CT molecular complexity index is 1420.